The van der Waals surface area contributed by atoms with Crippen LogP contribution in [0.25, 0.3) is 0 Å². The van der Waals surface area contributed by atoms with Crippen LogP contribution in [0.2, 0.25) is 0 Å². The van der Waals surface area contributed by atoms with Gasteiger partial charge >= 0.3 is 5.97 Å². The van der Waals surface area contributed by atoms with Gasteiger partial charge in [0.15, 0.2) is 0 Å². The number of esters is 1. The predicted octanol–water partition coefficient (Wildman–Crippen LogP) is 3.94. The average Bonchev–Trinajstić information content (AvgIpc) is 3.17. The molecule has 30 heavy (non-hydrogen) atoms. The summed E-state index contributed by atoms with van der Waals surface area (Å²) in [4.78, 5) is 18.4. The molecule has 2 aromatic rings. The van der Waals surface area contributed by atoms with E-state index in [1.54, 1.807) is 20.2 Å². The number of nitrogens with zero attached hydrogens (tertiary/aromatic N) is 3. The highest BCUT2D eigenvalue weighted by Crippen LogP contribution is 2.24. The zero-order valence-corrected chi connectivity index (χ0v) is 18.7. The molecule has 0 bridgehead atoms. The first kappa shape index (κ1) is 22.2. The number of ether oxygens (including phenoxy) is 2. The molecule has 1 aromatic carbocycles. The lowest BCUT2D eigenvalue weighted by atomic mass is 9.98. The summed E-state index contributed by atoms with van der Waals surface area (Å²) in [5, 5.41) is 6.77. The maximum Gasteiger partial charge on any atom is 0.311 e. The molecule has 1 aromatic heterocycles. The molecule has 0 amide bonds. The number of anilines is 1. The third-order valence-corrected chi connectivity index (χ3v) is 5.93. The van der Waals surface area contributed by atoms with Crippen molar-refractivity contribution in [3.63, 3.8) is 0 Å². The molecule has 0 aliphatic carbocycles. The van der Waals surface area contributed by atoms with Gasteiger partial charge in [-0.2, -0.15) is 5.10 Å². The molecule has 7 nitrogen and oxygen atoms in total. The quantitative estimate of drug-likeness (QED) is 0.369. The molecule has 0 atom stereocenters. The summed E-state index contributed by atoms with van der Waals surface area (Å²) in [5.41, 5.74) is 5.78. The van der Waals surface area contributed by atoms with Crippen LogP contribution >= 0.6 is 11.3 Å². The number of thiazole rings is 1. The molecular formula is C22H30N4O3S. The van der Waals surface area contributed by atoms with E-state index < -0.39 is 0 Å². The highest BCUT2D eigenvalue weighted by atomic mass is 32.1. The SMILES string of the molecule is CCOC(=O)Cc1csc(NN=Cc2ccc(OC)c(CN3CCC(C)CC3)c2)n1. The lowest BCUT2D eigenvalue weighted by molar-refractivity contribution is -0.142. The fourth-order valence-corrected chi connectivity index (χ4v) is 4.08. The molecule has 162 valence electrons. The Balaban J connectivity index is 1.59. The first-order chi connectivity index (χ1) is 14.6. The summed E-state index contributed by atoms with van der Waals surface area (Å²) < 4.78 is 10.5. The maximum absolute atomic E-state index is 11.5. The predicted molar refractivity (Wildman–Crippen MR) is 120 cm³/mol. The van der Waals surface area contributed by atoms with Gasteiger partial charge in [0.05, 0.1) is 32.0 Å². The van der Waals surface area contributed by atoms with Gasteiger partial charge in [0, 0.05) is 17.5 Å². The third-order valence-electron chi connectivity index (χ3n) is 5.13. The van der Waals surface area contributed by atoms with E-state index in [0.29, 0.717) is 17.4 Å². The van der Waals surface area contributed by atoms with Crippen molar-refractivity contribution < 1.29 is 14.3 Å². The summed E-state index contributed by atoms with van der Waals surface area (Å²) in [6.45, 7) is 7.63. The van der Waals surface area contributed by atoms with Gasteiger partial charge in [-0.3, -0.25) is 15.1 Å². The molecule has 0 saturated carbocycles. The fraction of sp³-hybridized carbons (Fsp3) is 0.500. The molecule has 3 rings (SSSR count). The van der Waals surface area contributed by atoms with E-state index in [1.807, 2.05) is 17.5 Å². The van der Waals surface area contributed by atoms with E-state index in [4.69, 9.17) is 9.47 Å². The Labute approximate surface area is 182 Å². The Morgan fingerprint density at radius 2 is 2.20 bits per heavy atom. The number of nitrogens with one attached hydrogen (secondary N) is 1. The lowest BCUT2D eigenvalue weighted by Gasteiger charge is -2.30. The van der Waals surface area contributed by atoms with Crippen molar-refractivity contribution in [3.05, 3.63) is 40.4 Å². The molecule has 8 heteroatoms. The average molecular weight is 431 g/mol. The lowest BCUT2D eigenvalue weighted by Crippen LogP contribution is -2.32. The number of hydrazone groups is 1. The summed E-state index contributed by atoms with van der Waals surface area (Å²) in [6, 6.07) is 6.10. The van der Waals surface area contributed by atoms with Crippen LogP contribution < -0.4 is 10.2 Å². The largest absolute Gasteiger partial charge is 0.496 e. The Morgan fingerprint density at radius 3 is 2.93 bits per heavy atom. The van der Waals surface area contributed by atoms with Gasteiger partial charge in [-0.05, 0) is 62.5 Å². The molecular weight excluding hydrogens is 400 g/mol. The van der Waals surface area contributed by atoms with Gasteiger partial charge in [0.2, 0.25) is 5.13 Å². The number of rotatable bonds is 9. The number of benzene rings is 1. The molecule has 0 radical (unpaired) electrons. The Bertz CT molecular complexity index is 860. The first-order valence-electron chi connectivity index (χ1n) is 10.4. The van der Waals surface area contributed by atoms with Crippen LogP contribution in [0.3, 0.4) is 0 Å². The molecule has 1 fully saturated rings. The highest BCUT2D eigenvalue weighted by Gasteiger charge is 2.17. The zero-order valence-electron chi connectivity index (χ0n) is 17.9. The number of methoxy groups -OCH3 is 1. The summed E-state index contributed by atoms with van der Waals surface area (Å²) >= 11 is 1.41. The van der Waals surface area contributed by atoms with E-state index in [2.05, 4.69) is 33.4 Å². The van der Waals surface area contributed by atoms with Crippen molar-refractivity contribution in [1.82, 2.24) is 9.88 Å². The fourth-order valence-electron chi connectivity index (χ4n) is 3.42. The van der Waals surface area contributed by atoms with Crippen molar-refractivity contribution in [2.75, 3.05) is 32.2 Å². The number of hydrogen-bond donors (Lipinski definition) is 1. The Hall–Kier alpha value is -2.45. The van der Waals surface area contributed by atoms with Gasteiger partial charge in [0.25, 0.3) is 0 Å². The first-order valence-corrected chi connectivity index (χ1v) is 11.2. The molecule has 1 aliphatic rings. The topological polar surface area (TPSA) is 76.1 Å². The van der Waals surface area contributed by atoms with Crippen LogP contribution in [0.1, 0.15) is 43.5 Å². The second kappa shape index (κ2) is 11.1. The van der Waals surface area contributed by atoms with Gasteiger partial charge in [-0.25, -0.2) is 4.98 Å². The summed E-state index contributed by atoms with van der Waals surface area (Å²) in [5.74, 6) is 1.45. The van der Waals surface area contributed by atoms with Gasteiger partial charge < -0.3 is 9.47 Å². The molecule has 0 unspecified atom stereocenters. The molecule has 1 aliphatic heterocycles. The van der Waals surface area contributed by atoms with E-state index in [1.165, 1.54) is 29.7 Å². The van der Waals surface area contributed by atoms with Crippen molar-refractivity contribution in [2.45, 2.75) is 39.7 Å². The smallest absolute Gasteiger partial charge is 0.311 e. The molecule has 0 spiro atoms. The van der Waals surface area contributed by atoms with Crippen molar-refractivity contribution in [2.24, 2.45) is 11.0 Å². The number of likely N-dealkylation sites (tertiary alicyclic amines) is 1. The van der Waals surface area contributed by atoms with Crippen LogP contribution in [-0.4, -0.2) is 48.9 Å². The Kier molecular flexibility index (Phi) is 8.21. The van der Waals surface area contributed by atoms with Gasteiger partial charge in [0.1, 0.15) is 5.75 Å². The van der Waals surface area contributed by atoms with Crippen LogP contribution in [0.5, 0.6) is 5.75 Å². The zero-order chi connectivity index (χ0) is 21.3. The standard InChI is InChI=1S/C22H30N4O3S/c1-4-29-21(27)12-19-15-30-22(24-19)25-23-13-17-5-6-20(28-3)18(11-17)14-26-9-7-16(2)8-10-26/h5-6,11,13,15-16H,4,7-10,12,14H2,1-3H3,(H,24,25). The summed E-state index contributed by atoms with van der Waals surface area (Å²) in [7, 11) is 1.71. The van der Waals surface area contributed by atoms with Crippen molar-refractivity contribution >= 4 is 28.7 Å². The van der Waals surface area contributed by atoms with E-state index in [9.17, 15) is 4.79 Å². The molecule has 1 N–H and O–H groups in total. The number of aromatic nitrogens is 1. The third kappa shape index (κ3) is 6.53. The number of carbonyl (C=O) groups excluding carboxylic acids is 1. The minimum absolute atomic E-state index is 0.173. The van der Waals surface area contributed by atoms with E-state index >= 15 is 0 Å². The summed E-state index contributed by atoms with van der Waals surface area (Å²) in [6.07, 6.45) is 4.44. The number of carbonyl (C=O) groups is 1. The molecule has 2 heterocycles. The normalized spacial score (nSPS) is 15.4. The van der Waals surface area contributed by atoms with Crippen molar-refractivity contribution in [3.8, 4) is 5.75 Å². The second-order valence-corrected chi connectivity index (χ2v) is 8.38. The monoisotopic (exact) mass is 430 g/mol. The maximum atomic E-state index is 11.5. The number of piperidine rings is 1. The Morgan fingerprint density at radius 1 is 1.40 bits per heavy atom. The molecule has 1 saturated heterocycles. The van der Waals surface area contributed by atoms with Gasteiger partial charge in [-0.15, -0.1) is 11.3 Å². The van der Waals surface area contributed by atoms with Crippen LogP contribution in [0.4, 0.5) is 5.13 Å². The number of hydrogen-bond acceptors (Lipinski definition) is 8. The van der Waals surface area contributed by atoms with E-state index in [0.717, 1.165) is 36.9 Å². The minimum Gasteiger partial charge on any atom is -0.496 e. The van der Waals surface area contributed by atoms with Crippen LogP contribution in [0, 0.1) is 5.92 Å². The second-order valence-electron chi connectivity index (χ2n) is 7.53. The van der Waals surface area contributed by atoms with Crippen molar-refractivity contribution in [1.29, 1.82) is 0 Å². The highest BCUT2D eigenvalue weighted by molar-refractivity contribution is 7.13. The van der Waals surface area contributed by atoms with E-state index in [-0.39, 0.29) is 12.4 Å². The van der Waals surface area contributed by atoms with Gasteiger partial charge in [-0.1, -0.05) is 6.92 Å². The van der Waals surface area contributed by atoms with Crippen LogP contribution in [0.15, 0.2) is 28.7 Å². The van der Waals surface area contributed by atoms with Crippen LogP contribution in [-0.2, 0) is 22.5 Å². The minimum atomic E-state index is -0.272.